The van der Waals surface area contributed by atoms with E-state index in [0.717, 1.165) is 39.0 Å². The van der Waals surface area contributed by atoms with Crippen molar-refractivity contribution in [1.29, 1.82) is 5.26 Å². The molecule has 0 aromatic heterocycles. The van der Waals surface area contributed by atoms with Gasteiger partial charge in [-0.15, -0.1) is 0 Å². The molecule has 0 aromatic carbocycles. The minimum Gasteiger partial charge on any atom is -0.381 e. The Morgan fingerprint density at radius 2 is 2.15 bits per heavy atom. The molecule has 3 heteroatoms. The first-order chi connectivity index (χ1) is 6.35. The van der Waals surface area contributed by atoms with Crippen LogP contribution in [0, 0.1) is 11.3 Å². The summed E-state index contributed by atoms with van der Waals surface area (Å²) < 4.78 is 5.31. The average molecular weight is 184 g/mol. The van der Waals surface area contributed by atoms with Crippen LogP contribution in [0.3, 0.4) is 0 Å². The van der Waals surface area contributed by atoms with E-state index in [-0.39, 0.29) is 6.04 Å². The van der Waals surface area contributed by atoms with E-state index in [4.69, 9.17) is 10.00 Å². The van der Waals surface area contributed by atoms with Gasteiger partial charge >= 0.3 is 0 Å². The average Bonchev–Trinajstić information content (AvgIpc) is 2.17. The fourth-order valence-electron chi connectivity index (χ4n) is 0.978. The Balaban J connectivity index is 3.11. The summed E-state index contributed by atoms with van der Waals surface area (Å²) in [5, 5.41) is 11.8. The molecule has 76 valence electrons. The number of rotatable bonds is 8. The second kappa shape index (κ2) is 9.50. The zero-order valence-corrected chi connectivity index (χ0v) is 8.68. The molecule has 1 unspecified atom stereocenters. The van der Waals surface area contributed by atoms with Gasteiger partial charge < -0.3 is 10.1 Å². The maximum absolute atomic E-state index is 8.62. The zero-order valence-electron chi connectivity index (χ0n) is 8.68. The van der Waals surface area contributed by atoms with Crippen LogP contribution in [0.4, 0.5) is 0 Å². The highest BCUT2D eigenvalue weighted by molar-refractivity contribution is 4.87. The van der Waals surface area contributed by atoms with Gasteiger partial charge in [-0.25, -0.2) is 0 Å². The predicted molar refractivity (Wildman–Crippen MR) is 53.4 cm³/mol. The summed E-state index contributed by atoms with van der Waals surface area (Å²) in [6, 6.07) is 2.21. The van der Waals surface area contributed by atoms with E-state index < -0.39 is 0 Å². The first kappa shape index (κ1) is 12.4. The van der Waals surface area contributed by atoms with Crippen molar-refractivity contribution in [2.24, 2.45) is 0 Å². The lowest BCUT2D eigenvalue weighted by Crippen LogP contribution is -2.28. The zero-order chi connectivity index (χ0) is 9.94. The van der Waals surface area contributed by atoms with Gasteiger partial charge in [0.1, 0.15) is 0 Å². The predicted octanol–water partition coefficient (Wildman–Crippen LogP) is 1.69. The molecule has 0 aliphatic carbocycles. The van der Waals surface area contributed by atoms with Gasteiger partial charge in [0.25, 0.3) is 0 Å². The summed E-state index contributed by atoms with van der Waals surface area (Å²) >= 11 is 0. The van der Waals surface area contributed by atoms with E-state index in [1.165, 1.54) is 0 Å². The van der Waals surface area contributed by atoms with Gasteiger partial charge in [-0.1, -0.05) is 13.8 Å². The third-order valence-electron chi connectivity index (χ3n) is 1.77. The van der Waals surface area contributed by atoms with Crippen LogP contribution < -0.4 is 5.32 Å². The van der Waals surface area contributed by atoms with Crippen LogP contribution in [-0.4, -0.2) is 25.8 Å². The Morgan fingerprint density at radius 1 is 1.38 bits per heavy atom. The largest absolute Gasteiger partial charge is 0.381 e. The molecule has 1 N–H and O–H groups in total. The molecule has 0 aliphatic heterocycles. The SMILES string of the molecule is CCCOCCCNC(C#N)CC. The fraction of sp³-hybridized carbons (Fsp3) is 0.900. The highest BCUT2D eigenvalue weighted by Crippen LogP contribution is 1.89. The second-order valence-corrected chi connectivity index (χ2v) is 3.01. The molecular weight excluding hydrogens is 164 g/mol. The second-order valence-electron chi connectivity index (χ2n) is 3.01. The number of hydrogen-bond donors (Lipinski definition) is 1. The molecule has 0 saturated carbocycles. The summed E-state index contributed by atoms with van der Waals surface area (Å²) in [7, 11) is 0. The van der Waals surface area contributed by atoms with Crippen LogP contribution >= 0.6 is 0 Å². The number of nitrogens with one attached hydrogen (secondary N) is 1. The summed E-state index contributed by atoms with van der Waals surface area (Å²) in [6.07, 6.45) is 2.92. The van der Waals surface area contributed by atoms with Crippen molar-refractivity contribution in [1.82, 2.24) is 5.32 Å². The Kier molecular flexibility index (Phi) is 9.07. The molecular formula is C10H20N2O. The molecule has 0 amide bonds. The lowest BCUT2D eigenvalue weighted by Gasteiger charge is -2.08. The number of hydrogen-bond acceptors (Lipinski definition) is 3. The van der Waals surface area contributed by atoms with Gasteiger partial charge in [0.15, 0.2) is 0 Å². The molecule has 0 heterocycles. The Morgan fingerprint density at radius 3 is 2.69 bits per heavy atom. The third-order valence-corrected chi connectivity index (χ3v) is 1.77. The number of ether oxygens (including phenoxy) is 1. The molecule has 0 bridgehead atoms. The van der Waals surface area contributed by atoms with E-state index in [2.05, 4.69) is 18.3 Å². The van der Waals surface area contributed by atoms with Crippen LogP contribution in [-0.2, 0) is 4.74 Å². The van der Waals surface area contributed by atoms with Crippen molar-refractivity contribution in [3.63, 3.8) is 0 Å². The maximum atomic E-state index is 8.62. The molecule has 3 nitrogen and oxygen atoms in total. The van der Waals surface area contributed by atoms with E-state index in [1.54, 1.807) is 0 Å². The maximum Gasteiger partial charge on any atom is 0.0950 e. The summed E-state index contributed by atoms with van der Waals surface area (Å²) in [6.45, 7) is 6.61. The monoisotopic (exact) mass is 184 g/mol. The van der Waals surface area contributed by atoms with Crippen LogP contribution in [0.2, 0.25) is 0 Å². The van der Waals surface area contributed by atoms with E-state index >= 15 is 0 Å². The Labute approximate surface area is 81.1 Å². The van der Waals surface area contributed by atoms with Gasteiger partial charge in [0.2, 0.25) is 0 Å². The van der Waals surface area contributed by atoms with E-state index in [1.807, 2.05) is 6.92 Å². The Bertz CT molecular complexity index is 142. The van der Waals surface area contributed by atoms with Crippen molar-refractivity contribution < 1.29 is 4.74 Å². The highest BCUT2D eigenvalue weighted by Gasteiger charge is 2.00. The van der Waals surface area contributed by atoms with Gasteiger partial charge in [0, 0.05) is 13.2 Å². The molecule has 13 heavy (non-hydrogen) atoms. The van der Waals surface area contributed by atoms with Gasteiger partial charge in [0.05, 0.1) is 12.1 Å². The molecule has 0 spiro atoms. The quantitative estimate of drug-likeness (QED) is 0.584. The lowest BCUT2D eigenvalue weighted by atomic mass is 10.2. The van der Waals surface area contributed by atoms with Gasteiger partial charge in [-0.2, -0.15) is 5.26 Å². The normalized spacial score (nSPS) is 12.4. The number of nitriles is 1. The third kappa shape index (κ3) is 7.76. The minimum absolute atomic E-state index is 0.00572. The topological polar surface area (TPSA) is 45.0 Å². The molecule has 0 aromatic rings. The molecule has 0 fully saturated rings. The van der Waals surface area contributed by atoms with Crippen LogP contribution in [0.25, 0.3) is 0 Å². The minimum atomic E-state index is 0.00572. The first-order valence-electron chi connectivity index (χ1n) is 5.05. The smallest absolute Gasteiger partial charge is 0.0950 e. The molecule has 0 saturated heterocycles. The van der Waals surface area contributed by atoms with Gasteiger partial charge in [-0.05, 0) is 25.8 Å². The van der Waals surface area contributed by atoms with Crippen molar-refractivity contribution in [2.75, 3.05) is 19.8 Å². The molecule has 1 atom stereocenters. The van der Waals surface area contributed by atoms with Crippen molar-refractivity contribution >= 4 is 0 Å². The van der Waals surface area contributed by atoms with Crippen molar-refractivity contribution in [2.45, 2.75) is 39.2 Å². The first-order valence-corrected chi connectivity index (χ1v) is 5.05. The highest BCUT2D eigenvalue weighted by atomic mass is 16.5. The fourth-order valence-corrected chi connectivity index (χ4v) is 0.978. The van der Waals surface area contributed by atoms with E-state index in [9.17, 15) is 0 Å². The van der Waals surface area contributed by atoms with Crippen LogP contribution in [0.1, 0.15) is 33.1 Å². The van der Waals surface area contributed by atoms with Crippen molar-refractivity contribution in [3.8, 4) is 6.07 Å². The van der Waals surface area contributed by atoms with Gasteiger partial charge in [-0.3, -0.25) is 0 Å². The van der Waals surface area contributed by atoms with Crippen LogP contribution in [0.15, 0.2) is 0 Å². The van der Waals surface area contributed by atoms with Crippen LogP contribution in [0.5, 0.6) is 0 Å². The summed E-state index contributed by atoms with van der Waals surface area (Å²) in [5.41, 5.74) is 0. The lowest BCUT2D eigenvalue weighted by molar-refractivity contribution is 0.132. The number of nitrogens with zero attached hydrogens (tertiary/aromatic N) is 1. The Hall–Kier alpha value is -0.590. The molecule has 0 radical (unpaired) electrons. The van der Waals surface area contributed by atoms with Crippen molar-refractivity contribution in [3.05, 3.63) is 0 Å². The van der Waals surface area contributed by atoms with E-state index in [0.29, 0.717) is 0 Å². The summed E-state index contributed by atoms with van der Waals surface area (Å²) in [5.74, 6) is 0. The molecule has 0 rings (SSSR count). The standard InChI is InChI=1S/C10H20N2O/c1-3-7-13-8-5-6-12-10(4-2)9-11/h10,12H,3-8H2,1-2H3. The molecule has 0 aliphatic rings. The summed E-state index contributed by atoms with van der Waals surface area (Å²) in [4.78, 5) is 0.